The van der Waals surface area contributed by atoms with Gasteiger partial charge < -0.3 is 119 Å². The zero-order valence-corrected chi connectivity index (χ0v) is 51.5. The molecule has 1 aliphatic rings. The molecule has 0 atom stereocenters. The first-order chi connectivity index (χ1) is 43.1. The molecule has 0 spiro atoms. The van der Waals surface area contributed by atoms with Crippen molar-refractivity contribution >= 4 is 17.8 Å². The Bertz CT molecular complexity index is 1490. The minimum atomic E-state index is -0.706. The summed E-state index contributed by atoms with van der Waals surface area (Å²) in [6.45, 7) is 22.1. The molecule has 32 nitrogen and oxygen atoms in total. The van der Waals surface area contributed by atoms with Crippen LogP contribution in [-0.2, 0) is 133 Å². The number of ether oxygens (including phenoxy) is 24. The van der Waals surface area contributed by atoms with Gasteiger partial charge in [-0.05, 0) is 0 Å². The van der Waals surface area contributed by atoms with Crippen LogP contribution in [-0.4, -0.2) is 347 Å². The largest absolute Gasteiger partial charge is 0.378 e. The number of rotatable bonds is 76. The van der Waals surface area contributed by atoms with Crippen molar-refractivity contribution < 1.29 is 133 Å². The number of amides is 2. The zero-order valence-electron chi connectivity index (χ0n) is 51.5. The monoisotopic (exact) mass is 1270 g/mol. The van der Waals surface area contributed by atoms with Crippen molar-refractivity contribution in [1.29, 1.82) is 5.53 Å². The van der Waals surface area contributed by atoms with Crippen LogP contribution in [0.5, 0.6) is 0 Å². The Hall–Kier alpha value is -3.04. The second kappa shape index (κ2) is 72.0. The second-order valence-electron chi connectivity index (χ2n) is 17.5. The lowest BCUT2D eigenvalue weighted by Gasteiger charge is -2.12. The van der Waals surface area contributed by atoms with Crippen LogP contribution in [0.2, 0.25) is 0 Å². The second-order valence-corrected chi connectivity index (χ2v) is 17.5. The van der Waals surface area contributed by atoms with Gasteiger partial charge >= 0.3 is 5.97 Å². The summed E-state index contributed by atoms with van der Waals surface area (Å²) in [6, 6.07) is 0. The third-order valence-corrected chi connectivity index (χ3v) is 10.6. The number of carbonyl (C=O) groups is 3. The molecule has 1 fully saturated rings. The van der Waals surface area contributed by atoms with Crippen LogP contribution in [0, 0.1) is 5.53 Å². The number of hydrogen-bond donors (Lipinski definition) is 1. The van der Waals surface area contributed by atoms with Crippen LogP contribution < -0.4 is 4.91 Å². The predicted molar refractivity (Wildman–Crippen MR) is 304 cm³/mol. The highest BCUT2D eigenvalue weighted by atomic mass is 16.7. The van der Waals surface area contributed by atoms with Crippen LogP contribution in [0.3, 0.4) is 0 Å². The predicted octanol–water partition coefficient (Wildman–Crippen LogP) is -0.0675. The Balaban J connectivity index is 1.59. The first-order valence-electron chi connectivity index (χ1n) is 30.1. The van der Waals surface area contributed by atoms with E-state index in [0.29, 0.717) is 316 Å². The zero-order chi connectivity index (χ0) is 62.2. The Morgan fingerprint density at radius 2 is 0.425 bits per heavy atom. The van der Waals surface area contributed by atoms with E-state index < -0.39 is 17.8 Å². The molecule has 0 unspecified atom stereocenters. The molecule has 87 heavy (non-hydrogen) atoms. The molecule has 0 aromatic heterocycles. The van der Waals surface area contributed by atoms with E-state index in [2.05, 4.69) is 10.0 Å². The van der Waals surface area contributed by atoms with E-state index in [4.69, 9.17) is 124 Å². The molecule has 1 aliphatic heterocycles. The van der Waals surface area contributed by atoms with Crippen molar-refractivity contribution in [3.8, 4) is 0 Å². The van der Waals surface area contributed by atoms with Crippen LogP contribution in [0.1, 0.15) is 19.3 Å². The summed E-state index contributed by atoms with van der Waals surface area (Å²) < 4.78 is 131. The average Bonchev–Trinajstić information content (AvgIpc) is 4.11. The third-order valence-electron chi connectivity index (χ3n) is 10.6. The molecule has 0 aromatic carbocycles. The van der Waals surface area contributed by atoms with E-state index in [1.807, 2.05) is 0 Å². The summed E-state index contributed by atoms with van der Waals surface area (Å²) in [5, 5.41) is 4.01. The Labute approximate surface area is 513 Å². The highest BCUT2D eigenvalue weighted by Crippen LogP contribution is 2.12. The van der Waals surface area contributed by atoms with Crippen LogP contribution in [0.25, 0.3) is 0 Å². The Morgan fingerprint density at radius 3 is 0.586 bits per heavy atom. The number of nitrogens with zero attached hydrogens (tertiary/aromatic N) is 3. The summed E-state index contributed by atoms with van der Waals surface area (Å²) in [7, 11) is 0. The van der Waals surface area contributed by atoms with Gasteiger partial charge in [0.2, 0.25) is 4.91 Å². The van der Waals surface area contributed by atoms with Gasteiger partial charge in [0.15, 0.2) is 0 Å². The van der Waals surface area contributed by atoms with E-state index >= 15 is 0 Å². The lowest BCUT2D eigenvalue weighted by atomic mass is 10.4. The summed E-state index contributed by atoms with van der Waals surface area (Å²) in [5.41, 5.74) is 6.54. The Morgan fingerprint density at radius 1 is 0.276 bits per heavy atom. The fourth-order valence-corrected chi connectivity index (χ4v) is 6.28. The lowest BCUT2D eigenvalue weighted by Crippen LogP contribution is -2.32. The van der Waals surface area contributed by atoms with Crippen molar-refractivity contribution in [2.45, 2.75) is 19.3 Å². The molecule has 2 amide bonds. The molecule has 0 radical (unpaired) electrons. The van der Waals surface area contributed by atoms with Crippen LogP contribution in [0.4, 0.5) is 0 Å². The third kappa shape index (κ3) is 65.7. The maximum Gasteiger partial charge on any atom is 0.335 e. The number of hydrogen-bond acceptors (Lipinski definition) is 30. The topological polar surface area (TPSA) is 336 Å². The summed E-state index contributed by atoms with van der Waals surface area (Å²) >= 11 is 0. The Kier molecular flexibility index (Phi) is 67.9. The van der Waals surface area contributed by atoms with Crippen molar-refractivity contribution in [1.82, 2.24) is 9.97 Å². The molecule has 512 valence electrons. The van der Waals surface area contributed by atoms with E-state index in [9.17, 15) is 14.4 Å². The molecule has 0 aliphatic carbocycles. The highest BCUT2D eigenvalue weighted by Gasteiger charge is 2.32. The number of carbonyl (C=O) groups excluding carboxylic acids is 3. The fourth-order valence-electron chi connectivity index (χ4n) is 6.28. The molecule has 1 rings (SSSR count). The minimum absolute atomic E-state index is 0.0516. The molecule has 0 aromatic rings. The van der Waals surface area contributed by atoms with Crippen molar-refractivity contribution in [3.63, 3.8) is 0 Å². The molecule has 1 N–H and O–H groups in total. The van der Waals surface area contributed by atoms with Gasteiger partial charge in [-0.3, -0.25) is 9.59 Å². The van der Waals surface area contributed by atoms with Crippen LogP contribution in [0.15, 0.2) is 5.11 Å². The van der Waals surface area contributed by atoms with Gasteiger partial charge in [0.1, 0.15) is 17.2 Å². The highest BCUT2D eigenvalue weighted by molar-refractivity contribution is 6.01. The first kappa shape index (κ1) is 82.0. The van der Waals surface area contributed by atoms with Crippen molar-refractivity contribution in [2.75, 3.05) is 324 Å². The average molecular weight is 1270 g/mol. The molecular formula is C55H105N4O28+. The maximum absolute atomic E-state index is 11.7. The number of nitrogens with one attached hydrogen (secondary N) is 1. The fraction of sp³-hybridized carbons (Fsp3) is 0.945. The van der Waals surface area contributed by atoms with Crippen molar-refractivity contribution in [3.05, 3.63) is 0 Å². The van der Waals surface area contributed by atoms with Gasteiger partial charge in [-0.1, -0.05) is 0 Å². The molecule has 1 heterocycles. The minimum Gasteiger partial charge on any atom is -0.378 e. The molecular weight excluding hydrogens is 1160 g/mol. The number of hydroxylamine groups is 2. The summed E-state index contributed by atoms with van der Waals surface area (Å²) in [5.74, 6) is -1.74. The molecule has 1 saturated heterocycles. The van der Waals surface area contributed by atoms with E-state index in [-0.39, 0.29) is 32.5 Å². The van der Waals surface area contributed by atoms with E-state index in [1.165, 1.54) is 0 Å². The summed E-state index contributed by atoms with van der Waals surface area (Å²) in [4.78, 5) is 42.2. The molecule has 0 saturated carbocycles. The first-order valence-corrected chi connectivity index (χ1v) is 30.1. The van der Waals surface area contributed by atoms with Gasteiger partial charge in [-0.25, -0.2) is 4.79 Å². The van der Waals surface area contributed by atoms with Gasteiger partial charge in [-0.2, -0.15) is 0 Å². The van der Waals surface area contributed by atoms with E-state index in [0.717, 1.165) is 0 Å². The van der Waals surface area contributed by atoms with Gasteiger partial charge in [0, 0.05) is 12.8 Å². The molecule has 0 bridgehead atoms. The van der Waals surface area contributed by atoms with Gasteiger partial charge in [0.05, 0.1) is 324 Å². The lowest BCUT2D eigenvalue weighted by molar-refractivity contribution is -0.198. The summed E-state index contributed by atoms with van der Waals surface area (Å²) in [6.07, 6.45) is 0.0205. The van der Waals surface area contributed by atoms with Crippen molar-refractivity contribution in [2.24, 2.45) is 5.11 Å². The number of imide groups is 1. The van der Waals surface area contributed by atoms with Crippen LogP contribution >= 0.6 is 0 Å². The van der Waals surface area contributed by atoms with Gasteiger partial charge in [0.25, 0.3) is 11.8 Å². The maximum atomic E-state index is 11.7. The normalized spacial score (nSPS) is 12.5. The van der Waals surface area contributed by atoms with Gasteiger partial charge in [-0.15, -0.1) is 5.06 Å². The standard InChI is InChI=1S/C55H105N4O28/c56-58-57-4-6-64-8-10-66-12-14-68-16-18-70-20-22-72-24-26-74-28-30-76-32-34-78-36-38-80-40-42-82-44-46-84-48-50-86-52-51-85-49-47-83-45-43-81-41-39-79-37-35-77-33-31-75-29-27-73-25-23-71-21-19-69-17-15-67-13-11-65-9-7-63-5-3-55(62)87-59-53(60)1-2-54(59)61/h56H,1-52H2/q+1. The SMILES string of the molecule is N=[N+]=NCCOCCOCCOCCOCCOCCOCCOCCOCCOCCOCCOCCOCCOCCOCCOCCOCCOCCOCCOCCOCCOCCOCCOCCOCCC(=O)ON1C(=O)CCC1=O. The smallest absolute Gasteiger partial charge is 0.335 e. The van der Waals surface area contributed by atoms with E-state index in [1.54, 1.807) is 0 Å². The molecule has 32 heteroatoms. The quantitative estimate of drug-likeness (QED) is 0.0360.